The summed E-state index contributed by atoms with van der Waals surface area (Å²) in [6.45, 7) is 5.07. The van der Waals surface area contributed by atoms with Gasteiger partial charge in [-0.1, -0.05) is 18.2 Å². The third-order valence-electron chi connectivity index (χ3n) is 3.99. The van der Waals surface area contributed by atoms with Crippen LogP contribution in [0, 0.1) is 0 Å². The van der Waals surface area contributed by atoms with Crippen molar-refractivity contribution in [3.8, 4) is 11.5 Å². The Morgan fingerprint density at radius 3 is 2.54 bits per heavy atom. The lowest BCUT2D eigenvalue weighted by Gasteiger charge is -2.10. The van der Waals surface area contributed by atoms with Crippen molar-refractivity contribution in [1.82, 2.24) is 0 Å². The minimum atomic E-state index is -0.0232. The lowest BCUT2D eigenvalue weighted by atomic mass is 10.0. The minimum absolute atomic E-state index is 0.0232. The number of nitrogens with zero attached hydrogens (tertiary/aromatic N) is 1. The van der Waals surface area contributed by atoms with Gasteiger partial charge in [0, 0.05) is 29.8 Å². The third-order valence-corrected chi connectivity index (χ3v) is 3.99. The van der Waals surface area contributed by atoms with Gasteiger partial charge in [-0.25, -0.2) is 0 Å². The average Bonchev–Trinajstić information content (AvgIpc) is 2.82. The summed E-state index contributed by atoms with van der Waals surface area (Å²) in [6.07, 6.45) is 1.90. The number of para-hydroxylation sites is 1. The average molecular weight is 323 g/mol. The first kappa shape index (κ1) is 16.1. The number of benzene rings is 2. The van der Waals surface area contributed by atoms with E-state index in [0.29, 0.717) is 18.8 Å². The van der Waals surface area contributed by atoms with Gasteiger partial charge in [0.2, 0.25) is 0 Å². The first-order chi connectivity index (χ1) is 11.7. The van der Waals surface area contributed by atoms with E-state index in [2.05, 4.69) is 0 Å². The molecule has 0 unspecified atom stereocenters. The minimum Gasteiger partial charge on any atom is -0.494 e. The Morgan fingerprint density at radius 2 is 1.79 bits per heavy atom. The van der Waals surface area contributed by atoms with Crippen molar-refractivity contribution in [1.29, 1.82) is 0 Å². The van der Waals surface area contributed by atoms with Crippen molar-refractivity contribution in [2.24, 2.45) is 0 Å². The highest BCUT2D eigenvalue weighted by molar-refractivity contribution is 6.35. The summed E-state index contributed by atoms with van der Waals surface area (Å²) in [7, 11) is 1.78. The maximum Gasteiger partial charge on any atom is 0.258 e. The van der Waals surface area contributed by atoms with Gasteiger partial charge in [0.25, 0.3) is 5.91 Å². The number of carbonyl (C=O) groups excluding carboxylic acids is 1. The number of anilines is 1. The van der Waals surface area contributed by atoms with Gasteiger partial charge in [-0.05, 0) is 38.1 Å². The molecule has 124 valence electrons. The summed E-state index contributed by atoms with van der Waals surface area (Å²) in [5.41, 5.74) is 3.35. The second-order valence-corrected chi connectivity index (χ2v) is 5.50. The van der Waals surface area contributed by atoms with Gasteiger partial charge in [-0.2, -0.15) is 0 Å². The van der Waals surface area contributed by atoms with Crippen molar-refractivity contribution in [3.05, 3.63) is 53.6 Å². The molecule has 0 aliphatic carbocycles. The molecule has 3 rings (SSSR count). The van der Waals surface area contributed by atoms with Crippen LogP contribution in [0.25, 0.3) is 11.6 Å². The van der Waals surface area contributed by atoms with E-state index >= 15 is 0 Å². The second kappa shape index (κ2) is 6.79. The first-order valence-electron chi connectivity index (χ1n) is 8.14. The zero-order valence-corrected chi connectivity index (χ0v) is 14.2. The molecular formula is C20H21NO3. The molecule has 0 atom stereocenters. The summed E-state index contributed by atoms with van der Waals surface area (Å²) in [4.78, 5) is 14.3. The fourth-order valence-electron chi connectivity index (χ4n) is 2.86. The van der Waals surface area contributed by atoms with Gasteiger partial charge in [0.1, 0.15) is 11.5 Å². The number of hydrogen-bond acceptors (Lipinski definition) is 3. The van der Waals surface area contributed by atoms with E-state index in [1.54, 1.807) is 11.9 Å². The number of likely N-dealkylation sites (N-methyl/N-ethyl adjacent to an activating group) is 1. The highest BCUT2D eigenvalue weighted by atomic mass is 16.5. The Kier molecular flexibility index (Phi) is 4.56. The summed E-state index contributed by atoms with van der Waals surface area (Å²) in [6, 6.07) is 13.5. The van der Waals surface area contributed by atoms with E-state index < -0.39 is 0 Å². The normalized spacial score (nSPS) is 14.9. The smallest absolute Gasteiger partial charge is 0.258 e. The van der Waals surface area contributed by atoms with E-state index in [1.807, 2.05) is 62.4 Å². The van der Waals surface area contributed by atoms with Crippen LogP contribution in [-0.2, 0) is 4.79 Å². The molecule has 0 bridgehead atoms. The number of fused-ring (bicyclic) bond motifs is 1. The zero-order chi connectivity index (χ0) is 17.1. The SMILES string of the molecule is CCOc1ccc2c(c1)N(C)C(=O)C2=Cc1ccccc1OCC. The second-order valence-electron chi connectivity index (χ2n) is 5.50. The highest BCUT2D eigenvalue weighted by Gasteiger charge is 2.30. The molecule has 1 aliphatic rings. The van der Waals surface area contributed by atoms with Gasteiger partial charge in [0.05, 0.1) is 18.9 Å². The van der Waals surface area contributed by atoms with Crippen molar-refractivity contribution in [2.75, 3.05) is 25.2 Å². The van der Waals surface area contributed by atoms with Crippen LogP contribution in [0.4, 0.5) is 5.69 Å². The summed E-state index contributed by atoms with van der Waals surface area (Å²) >= 11 is 0. The Labute approximate surface area is 142 Å². The molecule has 1 aliphatic heterocycles. The van der Waals surface area contributed by atoms with Gasteiger partial charge in [-0.3, -0.25) is 4.79 Å². The largest absolute Gasteiger partial charge is 0.494 e. The van der Waals surface area contributed by atoms with Crippen molar-refractivity contribution < 1.29 is 14.3 Å². The molecule has 24 heavy (non-hydrogen) atoms. The Bertz CT molecular complexity index is 795. The van der Waals surface area contributed by atoms with Gasteiger partial charge in [-0.15, -0.1) is 0 Å². The third kappa shape index (κ3) is 2.87. The summed E-state index contributed by atoms with van der Waals surface area (Å²) in [5.74, 6) is 1.53. The standard InChI is InChI=1S/C20H21NO3/c1-4-23-15-10-11-16-17(20(22)21(3)18(16)13-15)12-14-8-6-7-9-19(14)24-5-2/h6-13H,4-5H2,1-3H3. The molecule has 4 nitrogen and oxygen atoms in total. The van der Waals surface area contributed by atoms with Crippen molar-refractivity contribution >= 4 is 23.2 Å². The molecule has 0 saturated heterocycles. The summed E-state index contributed by atoms with van der Waals surface area (Å²) < 4.78 is 11.2. The fraction of sp³-hybridized carbons (Fsp3) is 0.250. The zero-order valence-electron chi connectivity index (χ0n) is 14.2. The molecule has 0 saturated carbocycles. The molecule has 0 radical (unpaired) electrons. The summed E-state index contributed by atoms with van der Waals surface area (Å²) in [5, 5.41) is 0. The van der Waals surface area contributed by atoms with E-state index in [0.717, 1.165) is 28.3 Å². The van der Waals surface area contributed by atoms with E-state index in [9.17, 15) is 4.79 Å². The highest BCUT2D eigenvalue weighted by Crippen LogP contribution is 2.39. The number of hydrogen-bond donors (Lipinski definition) is 0. The Morgan fingerprint density at radius 1 is 1.04 bits per heavy atom. The van der Waals surface area contributed by atoms with Crippen LogP contribution in [0.2, 0.25) is 0 Å². The lowest BCUT2D eigenvalue weighted by molar-refractivity contribution is -0.112. The fourth-order valence-corrected chi connectivity index (χ4v) is 2.86. The van der Waals surface area contributed by atoms with Crippen molar-refractivity contribution in [3.63, 3.8) is 0 Å². The molecule has 0 spiro atoms. The van der Waals surface area contributed by atoms with E-state index in [4.69, 9.17) is 9.47 Å². The molecule has 1 amide bonds. The maximum atomic E-state index is 12.7. The van der Waals surface area contributed by atoms with Crippen LogP contribution in [0.5, 0.6) is 11.5 Å². The first-order valence-corrected chi connectivity index (χ1v) is 8.14. The topological polar surface area (TPSA) is 38.8 Å². The van der Waals surface area contributed by atoms with Crippen LogP contribution in [0.1, 0.15) is 25.0 Å². The van der Waals surface area contributed by atoms with E-state index in [-0.39, 0.29) is 5.91 Å². The van der Waals surface area contributed by atoms with Crippen molar-refractivity contribution in [2.45, 2.75) is 13.8 Å². The lowest BCUT2D eigenvalue weighted by Crippen LogP contribution is -2.20. The molecule has 0 aromatic heterocycles. The van der Waals surface area contributed by atoms with Gasteiger partial charge < -0.3 is 14.4 Å². The van der Waals surface area contributed by atoms with Crippen LogP contribution in [0.15, 0.2) is 42.5 Å². The molecule has 4 heteroatoms. The van der Waals surface area contributed by atoms with E-state index in [1.165, 1.54) is 0 Å². The van der Waals surface area contributed by atoms with Gasteiger partial charge >= 0.3 is 0 Å². The Hall–Kier alpha value is -2.75. The quantitative estimate of drug-likeness (QED) is 0.781. The van der Waals surface area contributed by atoms with Crippen LogP contribution in [-0.4, -0.2) is 26.2 Å². The predicted octanol–water partition coefficient (Wildman–Crippen LogP) is 4.00. The van der Waals surface area contributed by atoms with Crippen LogP contribution >= 0.6 is 0 Å². The predicted molar refractivity (Wildman–Crippen MR) is 96.5 cm³/mol. The van der Waals surface area contributed by atoms with Crippen LogP contribution in [0.3, 0.4) is 0 Å². The molecule has 2 aromatic carbocycles. The Balaban J connectivity index is 2.06. The molecular weight excluding hydrogens is 302 g/mol. The number of rotatable bonds is 5. The van der Waals surface area contributed by atoms with Gasteiger partial charge in [0.15, 0.2) is 0 Å². The maximum absolute atomic E-state index is 12.7. The van der Waals surface area contributed by atoms with Crippen LogP contribution < -0.4 is 14.4 Å². The molecule has 2 aromatic rings. The number of carbonyl (C=O) groups is 1. The molecule has 0 fully saturated rings. The monoisotopic (exact) mass is 323 g/mol. The molecule has 0 N–H and O–H groups in total. The number of amides is 1. The number of ether oxygens (including phenoxy) is 2. The molecule has 1 heterocycles.